The van der Waals surface area contributed by atoms with Crippen molar-refractivity contribution >= 4 is 0 Å². The first-order valence-electron chi connectivity index (χ1n) is 7.38. The highest BCUT2D eigenvalue weighted by Crippen LogP contribution is 2.10. The minimum atomic E-state index is -0.370. The highest BCUT2D eigenvalue weighted by molar-refractivity contribution is 5.31. The summed E-state index contributed by atoms with van der Waals surface area (Å²) in [6.45, 7) is 0.641. The number of nitrogens with zero attached hydrogens (tertiary/aromatic N) is 2. The summed E-state index contributed by atoms with van der Waals surface area (Å²) in [5, 5.41) is 4.03. The number of benzene rings is 2. The number of halogens is 1. The molecule has 1 aromatic heterocycles. The van der Waals surface area contributed by atoms with E-state index in [-0.39, 0.29) is 18.0 Å². The van der Waals surface area contributed by atoms with Gasteiger partial charge in [0.2, 0.25) is 0 Å². The summed E-state index contributed by atoms with van der Waals surface area (Å²) >= 11 is 0. The summed E-state index contributed by atoms with van der Waals surface area (Å²) < 4.78 is 25.1. The second-order valence-electron chi connectivity index (χ2n) is 4.93. The van der Waals surface area contributed by atoms with Gasteiger partial charge < -0.3 is 9.47 Å². The van der Waals surface area contributed by atoms with Crippen molar-refractivity contribution in [2.75, 3.05) is 13.2 Å². The maximum atomic E-state index is 12.9. The molecule has 0 fully saturated rings. The third kappa shape index (κ3) is 3.98. The van der Waals surface area contributed by atoms with E-state index in [2.05, 4.69) is 5.10 Å². The molecule has 0 N–H and O–H groups in total. The molecule has 0 radical (unpaired) electrons. The van der Waals surface area contributed by atoms with E-state index in [0.717, 1.165) is 5.75 Å². The smallest absolute Gasteiger partial charge is 0.275 e. The summed E-state index contributed by atoms with van der Waals surface area (Å²) in [4.78, 5) is 12.1. The van der Waals surface area contributed by atoms with E-state index in [4.69, 9.17) is 9.47 Å². The average molecular weight is 326 g/mol. The average Bonchev–Trinajstić information content (AvgIpc) is 2.61. The first-order chi connectivity index (χ1) is 11.7. The normalized spacial score (nSPS) is 10.4. The zero-order chi connectivity index (χ0) is 16.8. The maximum Gasteiger partial charge on any atom is 0.275 e. The van der Waals surface area contributed by atoms with Gasteiger partial charge in [-0.2, -0.15) is 9.78 Å². The van der Waals surface area contributed by atoms with Gasteiger partial charge >= 0.3 is 0 Å². The number of ether oxygens (including phenoxy) is 2. The Morgan fingerprint density at radius 2 is 1.58 bits per heavy atom. The number of aromatic nitrogens is 2. The Hall–Kier alpha value is -3.15. The molecule has 0 atom stereocenters. The Morgan fingerprint density at radius 3 is 2.25 bits per heavy atom. The molecular formula is C18H15FN2O3. The minimum Gasteiger partial charge on any atom is -0.490 e. The second-order valence-corrected chi connectivity index (χ2v) is 4.93. The quantitative estimate of drug-likeness (QED) is 0.654. The molecule has 0 amide bonds. The van der Waals surface area contributed by atoms with E-state index in [1.165, 1.54) is 41.2 Å². The molecule has 2 aromatic carbocycles. The lowest BCUT2D eigenvalue weighted by atomic mass is 10.3. The van der Waals surface area contributed by atoms with Crippen LogP contribution >= 0.6 is 0 Å². The van der Waals surface area contributed by atoms with E-state index in [9.17, 15) is 9.18 Å². The molecule has 0 unspecified atom stereocenters. The molecule has 0 saturated carbocycles. The molecule has 0 aliphatic heterocycles. The Balaban J connectivity index is 1.58. The molecule has 0 bridgehead atoms. The lowest BCUT2D eigenvalue weighted by Crippen LogP contribution is -2.20. The van der Waals surface area contributed by atoms with Crippen LogP contribution in [0.5, 0.6) is 11.5 Å². The van der Waals surface area contributed by atoms with E-state index >= 15 is 0 Å². The van der Waals surface area contributed by atoms with Gasteiger partial charge in [0.05, 0.1) is 11.9 Å². The van der Waals surface area contributed by atoms with Gasteiger partial charge in [-0.1, -0.05) is 18.2 Å². The van der Waals surface area contributed by atoms with Crippen LogP contribution in [0, 0.1) is 5.82 Å². The lowest BCUT2D eigenvalue weighted by molar-refractivity contribution is 0.216. The van der Waals surface area contributed by atoms with Crippen molar-refractivity contribution in [2.24, 2.45) is 0 Å². The SMILES string of the molecule is O=c1cc(OCCOc2ccccc2)cnn1-c1ccc(F)cc1. The van der Waals surface area contributed by atoms with Gasteiger partial charge in [0.1, 0.15) is 30.5 Å². The van der Waals surface area contributed by atoms with Crippen molar-refractivity contribution in [1.82, 2.24) is 9.78 Å². The monoisotopic (exact) mass is 326 g/mol. The molecule has 1 heterocycles. The van der Waals surface area contributed by atoms with Crippen molar-refractivity contribution in [2.45, 2.75) is 0 Å². The van der Waals surface area contributed by atoms with Crippen molar-refractivity contribution in [3.63, 3.8) is 0 Å². The molecule has 0 spiro atoms. The van der Waals surface area contributed by atoms with Gasteiger partial charge in [0.15, 0.2) is 0 Å². The number of rotatable bonds is 6. The number of hydrogen-bond donors (Lipinski definition) is 0. The van der Waals surface area contributed by atoms with Gasteiger partial charge in [-0.15, -0.1) is 0 Å². The zero-order valence-electron chi connectivity index (χ0n) is 12.8. The van der Waals surface area contributed by atoms with E-state index < -0.39 is 0 Å². The Morgan fingerprint density at radius 1 is 0.917 bits per heavy atom. The van der Waals surface area contributed by atoms with Crippen LogP contribution < -0.4 is 15.0 Å². The fourth-order valence-corrected chi connectivity index (χ4v) is 2.08. The molecule has 24 heavy (non-hydrogen) atoms. The summed E-state index contributed by atoms with van der Waals surface area (Å²) in [5.74, 6) is 0.742. The summed E-state index contributed by atoms with van der Waals surface area (Å²) in [7, 11) is 0. The highest BCUT2D eigenvalue weighted by atomic mass is 19.1. The fraction of sp³-hybridized carbons (Fsp3) is 0.111. The molecular weight excluding hydrogens is 311 g/mol. The molecule has 122 valence electrons. The number of hydrogen-bond acceptors (Lipinski definition) is 4. The standard InChI is InChI=1S/C18H15FN2O3/c19-14-6-8-15(9-7-14)21-18(22)12-17(13-20-21)24-11-10-23-16-4-2-1-3-5-16/h1-9,12-13H,10-11H2. The Bertz CT molecular complexity index is 848. The molecule has 3 aromatic rings. The predicted molar refractivity (Wildman–Crippen MR) is 87.2 cm³/mol. The largest absolute Gasteiger partial charge is 0.490 e. The molecule has 0 aliphatic carbocycles. The van der Waals surface area contributed by atoms with Crippen LogP contribution in [-0.2, 0) is 0 Å². The first kappa shape index (κ1) is 15.7. The van der Waals surface area contributed by atoms with Crippen molar-refractivity contribution in [3.8, 4) is 17.2 Å². The molecule has 3 rings (SSSR count). The van der Waals surface area contributed by atoms with Gasteiger partial charge in [0, 0.05) is 6.07 Å². The van der Waals surface area contributed by atoms with Crippen LogP contribution in [0.15, 0.2) is 71.7 Å². The Kier molecular flexibility index (Phi) is 4.86. The first-order valence-corrected chi connectivity index (χ1v) is 7.38. The van der Waals surface area contributed by atoms with E-state index in [1.807, 2.05) is 30.3 Å². The van der Waals surface area contributed by atoms with Crippen LogP contribution in [0.1, 0.15) is 0 Å². The van der Waals surface area contributed by atoms with E-state index in [1.54, 1.807) is 0 Å². The molecule has 5 nitrogen and oxygen atoms in total. The van der Waals surface area contributed by atoms with Crippen molar-refractivity contribution in [3.05, 3.63) is 83.0 Å². The van der Waals surface area contributed by atoms with E-state index in [0.29, 0.717) is 18.0 Å². The molecule has 0 aliphatic rings. The van der Waals surface area contributed by atoms with Crippen LogP contribution in [0.3, 0.4) is 0 Å². The third-order valence-corrected chi connectivity index (χ3v) is 3.21. The maximum absolute atomic E-state index is 12.9. The zero-order valence-corrected chi connectivity index (χ0v) is 12.8. The topological polar surface area (TPSA) is 53.4 Å². The summed E-state index contributed by atoms with van der Waals surface area (Å²) in [6.07, 6.45) is 1.44. The van der Waals surface area contributed by atoms with Gasteiger partial charge in [0.25, 0.3) is 5.56 Å². The number of para-hydroxylation sites is 1. The van der Waals surface area contributed by atoms with Gasteiger partial charge in [-0.3, -0.25) is 4.79 Å². The van der Waals surface area contributed by atoms with Gasteiger partial charge in [-0.25, -0.2) is 4.39 Å². The van der Waals surface area contributed by atoms with Gasteiger partial charge in [-0.05, 0) is 36.4 Å². The third-order valence-electron chi connectivity index (χ3n) is 3.21. The fourth-order valence-electron chi connectivity index (χ4n) is 2.08. The second kappa shape index (κ2) is 7.41. The van der Waals surface area contributed by atoms with Crippen LogP contribution in [-0.4, -0.2) is 23.0 Å². The highest BCUT2D eigenvalue weighted by Gasteiger charge is 2.04. The predicted octanol–water partition coefficient (Wildman–Crippen LogP) is 2.83. The Labute approximate surface area is 137 Å². The summed E-state index contributed by atoms with van der Waals surface area (Å²) in [5.41, 5.74) is 0.128. The van der Waals surface area contributed by atoms with Crippen molar-refractivity contribution < 1.29 is 13.9 Å². The van der Waals surface area contributed by atoms with Crippen LogP contribution in [0.4, 0.5) is 4.39 Å². The van der Waals surface area contributed by atoms with Crippen LogP contribution in [0.25, 0.3) is 5.69 Å². The minimum absolute atomic E-state index is 0.288. The van der Waals surface area contributed by atoms with Crippen LogP contribution in [0.2, 0.25) is 0 Å². The summed E-state index contributed by atoms with van der Waals surface area (Å²) in [6, 6.07) is 16.2. The lowest BCUT2D eigenvalue weighted by Gasteiger charge is -2.09. The molecule has 6 heteroatoms. The van der Waals surface area contributed by atoms with Crippen molar-refractivity contribution in [1.29, 1.82) is 0 Å². The molecule has 0 saturated heterocycles.